The van der Waals surface area contributed by atoms with E-state index in [0.29, 0.717) is 13.1 Å². The quantitative estimate of drug-likeness (QED) is 0.633. The Bertz CT molecular complexity index is 363. The van der Waals surface area contributed by atoms with E-state index in [1.54, 1.807) is 4.90 Å². The first kappa shape index (κ1) is 9.85. The molecule has 1 aliphatic heterocycles. The minimum Gasteiger partial charge on any atom is -0.504 e. The van der Waals surface area contributed by atoms with Crippen molar-refractivity contribution in [3.63, 3.8) is 0 Å². The Morgan fingerprint density at radius 3 is 2.87 bits per heavy atom. The minimum atomic E-state index is -0.239. The number of nitrogens with zero attached hydrogens (tertiary/aromatic N) is 3. The normalized spacial score (nSPS) is 16.4. The molecule has 6 heteroatoms. The van der Waals surface area contributed by atoms with Gasteiger partial charge in [0.1, 0.15) is 6.33 Å². The molecule has 80 valence electrons. The summed E-state index contributed by atoms with van der Waals surface area (Å²) in [5.74, 6) is -0.405. The number of carbonyl (C=O) groups is 1. The fourth-order valence-electron chi connectivity index (χ4n) is 1.50. The zero-order valence-electron chi connectivity index (χ0n) is 8.18. The van der Waals surface area contributed by atoms with Gasteiger partial charge in [0.2, 0.25) is 0 Å². The van der Waals surface area contributed by atoms with Gasteiger partial charge in [0.15, 0.2) is 11.4 Å². The molecule has 2 heterocycles. The van der Waals surface area contributed by atoms with E-state index < -0.39 is 0 Å². The summed E-state index contributed by atoms with van der Waals surface area (Å²) in [4.78, 5) is 20.9. The van der Waals surface area contributed by atoms with Gasteiger partial charge < -0.3 is 15.3 Å². The van der Waals surface area contributed by atoms with Crippen molar-refractivity contribution >= 4 is 5.91 Å². The van der Waals surface area contributed by atoms with Crippen molar-refractivity contribution in [2.75, 3.05) is 26.2 Å². The first-order valence-corrected chi connectivity index (χ1v) is 4.78. The van der Waals surface area contributed by atoms with Crippen LogP contribution in [0.3, 0.4) is 0 Å². The molecule has 1 aliphatic rings. The first-order valence-electron chi connectivity index (χ1n) is 4.78. The van der Waals surface area contributed by atoms with Crippen molar-refractivity contribution in [1.82, 2.24) is 20.2 Å². The number of carbonyl (C=O) groups excluding carboxylic acids is 1. The highest BCUT2D eigenvalue weighted by molar-refractivity contribution is 5.94. The van der Waals surface area contributed by atoms with E-state index in [-0.39, 0.29) is 17.4 Å². The van der Waals surface area contributed by atoms with Gasteiger partial charge in [-0.1, -0.05) is 0 Å². The molecule has 2 N–H and O–H groups in total. The summed E-state index contributed by atoms with van der Waals surface area (Å²) in [7, 11) is 0. The third-order valence-electron chi connectivity index (χ3n) is 2.30. The predicted molar refractivity (Wildman–Crippen MR) is 52.5 cm³/mol. The van der Waals surface area contributed by atoms with Crippen LogP contribution in [-0.4, -0.2) is 52.1 Å². The second-order valence-electron chi connectivity index (χ2n) is 3.30. The van der Waals surface area contributed by atoms with Crippen LogP contribution in [0.2, 0.25) is 0 Å². The van der Waals surface area contributed by atoms with Gasteiger partial charge in [0.25, 0.3) is 5.91 Å². The van der Waals surface area contributed by atoms with E-state index in [9.17, 15) is 9.90 Å². The Balaban J connectivity index is 2.16. The smallest absolute Gasteiger partial charge is 0.276 e. The lowest BCUT2D eigenvalue weighted by atomic mass is 10.3. The molecule has 15 heavy (non-hydrogen) atoms. The number of nitrogens with one attached hydrogen (secondary N) is 1. The van der Waals surface area contributed by atoms with Crippen molar-refractivity contribution < 1.29 is 9.90 Å². The van der Waals surface area contributed by atoms with Crippen LogP contribution < -0.4 is 5.32 Å². The molecule has 0 spiro atoms. The molecule has 6 nitrogen and oxygen atoms in total. The molecule has 0 aliphatic carbocycles. The number of rotatable bonds is 1. The molecule has 0 saturated carbocycles. The molecule has 0 bridgehead atoms. The SMILES string of the molecule is O=C(c1ncncc1O)N1CCNCC1. The van der Waals surface area contributed by atoms with Crippen LogP contribution in [0.15, 0.2) is 12.5 Å². The zero-order valence-corrected chi connectivity index (χ0v) is 8.18. The zero-order chi connectivity index (χ0) is 10.7. The van der Waals surface area contributed by atoms with Crippen molar-refractivity contribution in [2.45, 2.75) is 0 Å². The van der Waals surface area contributed by atoms with Gasteiger partial charge in [0, 0.05) is 26.2 Å². The largest absolute Gasteiger partial charge is 0.504 e. The number of aromatic nitrogens is 2. The van der Waals surface area contributed by atoms with Crippen molar-refractivity contribution in [3.05, 3.63) is 18.2 Å². The average Bonchev–Trinajstić information content (AvgIpc) is 2.30. The van der Waals surface area contributed by atoms with E-state index >= 15 is 0 Å². The van der Waals surface area contributed by atoms with Gasteiger partial charge in [-0.3, -0.25) is 4.79 Å². The maximum atomic E-state index is 11.9. The summed E-state index contributed by atoms with van der Waals surface area (Å²) >= 11 is 0. The molecule has 1 aromatic heterocycles. The summed E-state index contributed by atoms with van der Waals surface area (Å²) in [6.07, 6.45) is 2.48. The molecule has 0 aromatic carbocycles. The van der Waals surface area contributed by atoms with Crippen LogP contribution in [0.5, 0.6) is 5.75 Å². The average molecular weight is 208 g/mol. The second kappa shape index (κ2) is 4.22. The van der Waals surface area contributed by atoms with Gasteiger partial charge in [-0.25, -0.2) is 9.97 Å². The number of piperazine rings is 1. The van der Waals surface area contributed by atoms with E-state index in [4.69, 9.17) is 0 Å². The van der Waals surface area contributed by atoms with E-state index in [1.165, 1.54) is 12.5 Å². The number of aromatic hydroxyl groups is 1. The predicted octanol–water partition coefficient (Wildman–Crippen LogP) is -0.772. The van der Waals surface area contributed by atoms with E-state index in [1.807, 2.05) is 0 Å². The van der Waals surface area contributed by atoms with E-state index in [2.05, 4.69) is 15.3 Å². The Kier molecular flexibility index (Phi) is 2.77. The van der Waals surface area contributed by atoms with Gasteiger partial charge in [-0.2, -0.15) is 0 Å². The summed E-state index contributed by atoms with van der Waals surface area (Å²) in [5, 5.41) is 12.6. The van der Waals surface area contributed by atoms with Gasteiger partial charge >= 0.3 is 0 Å². The Morgan fingerprint density at radius 1 is 1.47 bits per heavy atom. The highest BCUT2D eigenvalue weighted by Crippen LogP contribution is 2.13. The van der Waals surface area contributed by atoms with Crippen molar-refractivity contribution in [1.29, 1.82) is 0 Å². The number of amides is 1. The van der Waals surface area contributed by atoms with Crippen LogP contribution in [0.25, 0.3) is 0 Å². The third-order valence-corrected chi connectivity index (χ3v) is 2.30. The van der Waals surface area contributed by atoms with Gasteiger partial charge in [-0.15, -0.1) is 0 Å². The Morgan fingerprint density at radius 2 is 2.20 bits per heavy atom. The van der Waals surface area contributed by atoms with Crippen LogP contribution >= 0.6 is 0 Å². The Hall–Kier alpha value is -1.69. The monoisotopic (exact) mass is 208 g/mol. The Labute approximate surface area is 87.0 Å². The molecule has 0 radical (unpaired) electrons. The molecule has 1 saturated heterocycles. The standard InChI is InChI=1S/C9H12N4O2/c14-7-5-11-6-12-8(7)9(15)13-3-1-10-2-4-13/h5-6,10,14H,1-4H2. The highest BCUT2D eigenvalue weighted by atomic mass is 16.3. The highest BCUT2D eigenvalue weighted by Gasteiger charge is 2.21. The maximum Gasteiger partial charge on any atom is 0.276 e. The molecule has 0 atom stereocenters. The third kappa shape index (κ3) is 2.04. The first-order chi connectivity index (χ1) is 7.29. The molecular formula is C9H12N4O2. The van der Waals surface area contributed by atoms with Gasteiger partial charge in [-0.05, 0) is 0 Å². The van der Waals surface area contributed by atoms with Crippen LogP contribution in [-0.2, 0) is 0 Å². The topological polar surface area (TPSA) is 78.3 Å². The second-order valence-corrected chi connectivity index (χ2v) is 3.30. The maximum absolute atomic E-state index is 11.9. The summed E-state index contributed by atoms with van der Waals surface area (Å²) in [6.45, 7) is 2.83. The lowest BCUT2D eigenvalue weighted by Gasteiger charge is -2.27. The minimum absolute atomic E-state index is 0.0758. The fraction of sp³-hybridized carbons (Fsp3) is 0.444. The summed E-state index contributed by atoms with van der Waals surface area (Å²) < 4.78 is 0. The van der Waals surface area contributed by atoms with Gasteiger partial charge in [0.05, 0.1) is 6.20 Å². The van der Waals surface area contributed by atoms with E-state index in [0.717, 1.165) is 13.1 Å². The molecule has 0 unspecified atom stereocenters. The number of hydrogen-bond donors (Lipinski definition) is 2. The molecular weight excluding hydrogens is 196 g/mol. The fourth-order valence-corrected chi connectivity index (χ4v) is 1.50. The van der Waals surface area contributed by atoms with Crippen molar-refractivity contribution in [2.24, 2.45) is 0 Å². The number of hydrogen-bond acceptors (Lipinski definition) is 5. The molecule has 1 fully saturated rings. The summed E-state index contributed by atoms with van der Waals surface area (Å²) in [6, 6.07) is 0. The lowest BCUT2D eigenvalue weighted by molar-refractivity contribution is 0.0726. The summed E-state index contributed by atoms with van der Waals surface area (Å²) in [5.41, 5.74) is 0.0758. The molecule has 2 rings (SSSR count). The van der Waals surface area contributed by atoms with Crippen LogP contribution in [0, 0.1) is 0 Å². The molecule has 1 aromatic rings. The molecule has 1 amide bonds. The lowest BCUT2D eigenvalue weighted by Crippen LogP contribution is -2.46. The van der Waals surface area contributed by atoms with Crippen LogP contribution in [0.4, 0.5) is 0 Å². The van der Waals surface area contributed by atoms with Crippen LogP contribution in [0.1, 0.15) is 10.5 Å². The van der Waals surface area contributed by atoms with Crippen molar-refractivity contribution in [3.8, 4) is 5.75 Å².